The molecule has 0 N–H and O–H groups in total. The van der Waals surface area contributed by atoms with Crippen molar-refractivity contribution in [2.75, 3.05) is 32.3 Å². The van der Waals surface area contributed by atoms with Crippen LogP contribution in [0.5, 0.6) is 5.75 Å². The quantitative estimate of drug-likeness (QED) is 0.720. The zero-order chi connectivity index (χ0) is 18.7. The number of nitrogens with zero attached hydrogens (tertiary/aromatic N) is 2. The smallest absolute Gasteiger partial charge is 0.274 e. The van der Waals surface area contributed by atoms with Crippen molar-refractivity contribution in [3.8, 4) is 5.75 Å². The molecular weight excluding hydrogens is 351 g/mol. The number of hydrogen-bond donors (Lipinski definition) is 0. The Kier molecular flexibility index (Phi) is 5.74. The first-order valence-corrected chi connectivity index (χ1v) is 9.05. The highest BCUT2D eigenvalue weighted by Gasteiger charge is 2.33. The van der Waals surface area contributed by atoms with E-state index in [4.69, 9.17) is 9.47 Å². The van der Waals surface area contributed by atoms with Crippen molar-refractivity contribution in [1.82, 2.24) is 4.57 Å². The molecule has 2 heterocycles. The van der Waals surface area contributed by atoms with Crippen LogP contribution in [0.4, 0.5) is 5.69 Å². The number of methoxy groups -OCH3 is 2. The van der Waals surface area contributed by atoms with E-state index in [0.29, 0.717) is 31.8 Å². The van der Waals surface area contributed by atoms with E-state index in [1.807, 2.05) is 18.2 Å². The number of rotatable bonds is 6. The Balaban J connectivity index is 1.86. The van der Waals surface area contributed by atoms with Crippen molar-refractivity contribution in [2.45, 2.75) is 18.9 Å². The first-order valence-electron chi connectivity index (χ1n) is 8.47. The Morgan fingerprint density at radius 2 is 2.04 bits per heavy atom. The standard InChI is InChI=1S/C19H23N2O4P/c1-24-9-8-20-7-3-4-16(19(20)23)21-12-13(10-18(21)22)15-6-5-14(25-2)11-17(15)26/h3-7,11,13H,8-10,12,26H2,1-2H3/t13-/m0/s1. The SMILES string of the molecule is COCCn1cccc(N2C[C@@H](c3ccc(OC)cc3P)CC2=O)c1=O. The van der Waals surface area contributed by atoms with Gasteiger partial charge in [-0.05, 0) is 35.1 Å². The molecule has 1 saturated heterocycles. The van der Waals surface area contributed by atoms with Crippen LogP contribution in [0.3, 0.4) is 0 Å². The van der Waals surface area contributed by atoms with E-state index >= 15 is 0 Å². The predicted octanol–water partition coefficient (Wildman–Crippen LogP) is 1.52. The summed E-state index contributed by atoms with van der Waals surface area (Å²) in [5.41, 5.74) is 1.34. The van der Waals surface area contributed by atoms with Crippen LogP contribution in [0.25, 0.3) is 0 Å². The highest BCUT2D eigenvalue weighted by atomic mass is 31.0. The maximum atomic E-state index is 12.7. The van der Waals surface area contributed by atoms with Gasteiger partial charge in [0.05, 0.1) is 13.7 Å². The van der Waals surface area contributed by atoms with E-state index in [9.17, 15) is 9.59 Å². The molecule has 0 bridgehead atoms. The highest BCUT2D eigenvalue weighted by molar-refractivity contribution is 7.27. The van der Waals surface area contributed by atoms with Crippen LogP contribution < -0.4 is 20.5 Å². The first kappa shape index (κ1) is 18.6. The molecule has 1 unspecified atom stereocenters. The lowest BCUT2D eigenvalue weighted by atomic mass is 9.98. The molecule has 1 aromatic carbocycles. The van der Waals surface area contributed by atoms with E-state index in [-0.39, 0.29) is 17.4 Å². The van der Waals surface area contributed by atoms with Crippen molar-refractivity contribution >= 4 is 26.1 Å². The number of pyridine rings is 1. The lowest BCUT2D eigenvalue weighted by Gasteiger charge is -2.18. The van der Waals surface area contributed by atoms with Crippen molar-refractivity contribution in [3.63, 3.8) is 0 Å². The summed E-state index contributed by atoms with van der Waals surface area (Å²) in [6.45, 7) is 1.40. The van der Waals surface area contributed by atoms with Gasteiger partial charge < -0.3 is 18.9 Å². The van der Waals surface area contributed by atoms with Crippen LogP contribution in [-0.4, -0.2) is 37.8 Å². The maximum absolute atomic E-state index is 12.7. The number of anilines is 1. The second kappa shape index (κ2) is 8.02. The summed E-state index contributed by atoms with van der Waals surface area (Å²) in [5, 5.41) is 1.01. The van der Waals surface area contributed by atoms with E-state index in [1.165, 1.54) is 0 Å². The van der Waals surface area contributed by atoms with Gasteiger partial charge in [0.2, 0.25) is 5.91 Å². The summed E-state index contributed by atoms with van der Waals surface area (Å²) in [5.74, 6) is 0.800. The molecule has 1 aromatic heterocycles. The Morgan fingerprint density at radius 1 is 1.23 bits per heavy atom. The molecule has 0 saturated carbocycles. The zero-order valence-electron chi connectivity index (χ0n) is 15.0. The molecule has 0 aliphatic carbocycles. The van der Waals surface area contributed by atoms with Gasteiger partial charge in [0.15, 0.2) is 0 Å². The van der Waals surface area contributed by atoms with Gasteiger partial charge >= 0.3 is 0 Å². The molecule has 1 aliphatic heterocycles. The third-order valence-corrected chi connectivity index (χ3v) is 5.19. The Bertz CT molecular complexity index is 865. The summed E-state index contributed by atoms with van der Waals surface area (Å²) >= 11 is 0. The van der Waals surface area contributed by atoms with Crippen molar-refractivity contribution in [2.24, 2.45) is 0 Å². The second-order valence-electron chi connectivity index (χ2n) is 6.29. The summed E-state index contributed by atoms with van der Waals surface area (Å²) in [6, 6.07) is 9.33. The number of carbonyl (C=O) groups excluding carboxylic acids is 1. The Morgan fingerprint density at radius 3 is 2.73 bits per heavy atom. The van der Waals surface area contributed by atoms with Crippen LogP contribution >= 0.6 is 9.24 Å². The molecule has 0 radical (unpaired) electrons. The van der Waals surface area contributed by atoms with Crippen LogP contribution in [0.15, 0.2) is 41.3 Å². The minimum Gasteiger partial charge on any atom is -0.497 e. The molecule has 138 valence electrons. The van der Waals surface area contributed by atoms with E-state index in [2.05, 4.69) is 9.24 Å². The van der Waals surface area contributed by atoms with Crippen LogP contribution in [0, 0.1) is 0 Å². The molecule has 2 aromatic rings. The number of hydrogen-bond acceptors (Lipinski definition) is 4. The number of ether oxygens (including phenoxy) is 2. The first-order chi connectivity index (χ1) is 12.5. The molecule has 6 nitrogen and oxygen atoms in total. The maximum Gasteiger partial charge on any atom is 0.274 e. The predicted molar refractivity (Wildman–Crippen MR) is 105 cm³/mol. The van der Waals surface area contributed by atoms with E-state index in [1.54, 1.807) is 42.0 Å². The molecule has 2 atom stereocenters. The number of carbonyl (C=O) groups is 1. The van der Waals surface area contributed by atoms with Crippen molar-refractivity contribution < 1.29 is 14.3 Å². The fourth-order valence-corrected chi connectivity index (χ4v) is 3.79. The van der Waals surface area contributed by atoms with Gasteiger partial charge in [-0.3, -0.25) is 9.59 Å². The molecule has 7 heteroatoms. The third kappa shape index (κ3) is 3.67. The van der Waals surface area contributed by atoms with Crippen LogP contribution in [-0.2, 0) is 16.1 Å². The largest absolute Gasteiger partial charge is 0.497 e. The highest BCUT2D eigenvalue weighted by Crippen LogP contribution is 2.31. The molecule has 1 aliphatic rings. The average molecular weight is 374 g/mol. The lowest BCUT2D eigenvalue weighted by Crippen LogP contribution is -2.33. The summed E-state index contributed by atoms with van der Waals surface area (Å²) < 4.78 is 11.9. The third-order valence-electron chi connectivity index (χ3n) is 4.69. The average Bonchev–Trinajstić information content (AvgIpc) is 3.02. The fourth-order valence-electron chi connectivity index (χ4n) is 3.30. The van der Waals surface area contributed by atoms with E-state index in [0.717, 1.165) is 16.6 Å². The monoisotopic (exact) mass is 374 g/mol. The fraction of sp³-hybridized carbons (Fsp3) is 0.368. The molecule has 26 heavy (non-hydrogen) atoms. The zero-order valence-corrected chi connectivity index (χ0v) is 16.1. The second-order valence-corrected chi connectivity index (χ2v) is 6.91. The van der Waals surface area contributed by atoms with Gasteiger partial charge in [-0.25, -0.2) is 0 Å². The van der Waals surface area contributed by atoms with Gasteiger partial charge in [0.1, 0.15) is 11.4 Å². The number of aromatic nitrogens is 1. The summed E-state index contributed by atoms with van der Waals surface area (Å²) in [4.78, 5) is 26.9. The topological polar surface area (TPSA) is 60.8 Å². The number of benzene rings is 1. The van der Waals surface area contributed by atoms with Gasteiger partial charge in [-0.1, -0.05) is 6.07 Å². The Labute approximate surface area is 154 Å². The van der Waals surface area contributed by atoms with E-state index < -0.39 is 0 Å². The molecule has 0 spiro atoms. The van der Waals surface area contributed by atoms with Crippen LogP contribution in [0.2, 0.25) is 0 Å². The van der Waals surface area contributed by atoms with Crippen LogP contribution in [0.1, 0.15) is 17.9 Å². The Hall–Kier alpha value is -2.17. The molecule has 3 rings (SSSR count). The minimum absolute atomic E-state index is 0.0307. The summed E-state index contributed by atoms with van der Waals surface area (Å²) in [6.07, 6.45) is 2.10. The van der Waals surface area contributed by atoms with Gasteiger partial charge in [-0.15, -0.1) is 9.24 Å². The molecule has 1 fully saturated rings. The summed E-state index contributed by atoms with van der Waals surface area (Å²) in [7, 11) is 5.93. The normalized spacial score (nSPS) is 17.0. The van der Waals surface area contributed by atoms with Gasteiger partial charge in [0, 0.05) is 38.7 Å². The lowest BCUT2D eigenvalue weighted by molar-refractivity contribution is -0.117. The van der Waals surface area contributed by atoms with Crippen molar-refractivity contribution in [3.05, 3.63) is 52.4 Å². The molecule has 1 amide bonds. The van der Waals surface area contributed by atoms with Crippen molar-refractivity contribution in [1.29, 1.82) is 0 Å². The van der Waals surface area contributed by atoms with Gasteiger partial charge in [-0.2, -0.15) is 0 Å². The molecular formula is C19H23N2O4P. The minimum atomic E-state index is -0.167. The van der Waals surface area contributed by atoms with Gasteiger partial charge in [0.25, 0.3) is 5.56 Å². The number of amides is 1.